The maximum absolute atomic E-state index is 12.8. The number of hydrogen-bond donors (Lipinski definition) is 0. The number of hydrogen-bond acceptors (Lipinski definition) is 5. The molecule has 1 fully saturated rings. The molecular weight excluding hydrogens is 346 g/mol. The fourth-order valence-electron chi connectivity index (χ4n) is 2.99. The number of likely N-dealkylation sites (tertiary alicyclic amines) is 1. The molecule has 3 heterocycles. The Bertz CT molecular complexity index is 888. The predicted molar refractivity (Wildman–Crippen MR) is 93.5 cm³/mol. The average molecular weight is 362 g/mol. The molecule has 1 aromatic carbocycles. The van der Waals surface area contributed by atoms with Crippen LogP contribution in [0.4, 0.5) is 0 Å². The molecule has 1 aliphatic heterocycles. The van der Waals surface area contributed by atoms with Crippen LogP contribution in [0.2, 0.25) is 5.02 Å². The molecule has 3 aromatic rings. The summed E-state index contributed by atoms with van der Waals surface area (Å²) in [6, 6.07) is 7.68. The van der Waals surface area contributed by atoms with Gasteiger partial charge in [0.15, 0.2) is 0 Å². The third-order valence-corrected chi connectivity index (χ3v) is 5.54. The highest BCUT2D eigenvalue weighted by Gasteiger charge is 2.28. The number of nitrogens with zero attached hydrogens (tertiary/aromatic N) is 5. The molecule has 0 saturated carbocycles. The fraction of sp³-hybridized carbons (Fsp3) is 0.375. The minimum absolute atomic E-state index is 0.0948. The molecule has 0 aliphatic carbocycles. The summed E-state index contributed by atoms with van der Waals surface area (Å²) in [6.45, 7) is 2.85. The Morgan fingerprint density at radius 2 is 2.04 bits per heavy atom. The van der Waals surface area contributed by atoms with Crippen molar-refractivity contribution in [3.63, 3.8) is 0 Å². The number of aromatic nitrogens is 4. The number of halogens is 1. The molecule has 6 nitrogen and oxygen atoms in total. The van der Waals surface area contributed by atoms with E-state index in [1.165, 1.54) is 11.3 Å². The van der Waals surface area contributed by atoms with Crippen molar-refractivity contribution in [2.24, 2.45) is 0 Å². The van der Waals surface area contributed by atoms with Gasteiger partial charge in [-0.05, 0) is 38.3 Å². The molecule has 1 amide bonds. The maximum Gasteiger partial charge on any atom is 0.293 e. The first-order valence-corrected chi connectivity index (χ1v) is 9.12. The Morgan fingerprint density at radius 1 is 1.25 bits per heavy atom. The van der Waals surface area contributed by atoms with Gasteiger partial charge in [-0.15, -0.1) is 10.2 Å². The van der Waals surface area contributed by atoms with Gasteiger partial charge in [0, 0.05) is 23.2 Å². The summed E-state index contributed by atoms with van der Waals surface area (Å²) >= 11 is 7.33. The van der Waals surface area contributed by atoms with Gasteiger partial charge in [0.2, 0.25) is 10.8 Å². The van der Waals surface area contributed by atoms with E-state index in [1.807, 2.05) is 29.2 Å². The van der Waals surface area contributed by atoms with Crippen molar-refractivity contribution in [2.45, 2.75) is 32.2 Å². The minimum atomic E-state index is -0.0948. The fourth-order valence-corrected chi connectivity index (χ4v) is 3.96. The van der Waals surface area contributed by atoms with Gasteiger partial charge in [-0.3, -0.25) is 4.79 Å². The molecule has 1 atom stereocenters. The number of carbonyl (C=O) groups excluding carboxylic acids is 1. The molecule has 1 saturated heterocycles. The van der Waals surface area contributed by atoms with Crippen LogP contribution in [0.15, 0.2) is 24.3 Å². The van der Waals surface area contributed by atoms with Crippen molar-refractivity contribution in [1.82, 2.24) is 24.7 Å². The second kappa shape index (κ2) is 6.14. The van der Waals surface area contributed by atoms with Crippen molar-refractivity contribution in [3.05, 3.63) is 35.1 Å². The largest absolute Gasteiger partial charge is 0.333 e. The van der Waals surface area contributed by atoms with Crippen LogP contribution in [0.3, 0.4) is 0 Å². The number of fused-ring (bicyclic) bond motifs is 1. The standard InChI is InChI=1S/C16H16ClN5OS/c1-10-4-2-3-9-21(10)15(23)13-18-19-16-22(13)20-14(24-16)11-5-7-12(17)8-6-11/h5-8,10H,2-4,9H2,1H3/t10-/m0/s1. The normalized spacial score (nSPS) is 18.2. The second-order valence-corrected chi connectivity index (χ2v) is 7.37. The zero-order chi connectivity index (χ0) is 16.7. The summed E-state index contributed by atoms with van der Waals surface area (Å²) in [6.07, 6.45) is 3.23. The van der Waals surface area contributed by atoms with E-state index < -0.39 is 0 Å². The lowest BCUT2D eigenvalue weighted by molar-refractivity contribution is 0.0620. The summed E-state index contributed by atoms with van der Waals surface area (Å²) < 4.78 is 1.55. The van der Waals surface area contributed by atoms with Crippen molar-refractivity contribution in [1.29, 1.82) is 0 Å². The van der Waals surface area contributed by atoms with Gasteiger partial charge in [-0.2, -0.15) is 9.61 Å². The van der Waals surface area contributed by atoms with E-state index in [0.717, 1.165) is 36.4 Å². The number of carbonyl (C=O) groups is 1. The van der Waals surface area contributed by atoms with Crippen LogP contribution in [0.1, 0.15) is 36.8 Å². The molecule has 4 rings (SSSR count). The van der Waals surface area contributed by atoms with Crippen molar-refractivity contribution < 1.29 is 4.79 Å². The smallest absolute Gasteiger partial charge is 0.293 e. The highest BCUT2D eigenvalue weighted by Crippen LogP contribution is 2.27. The van der Waals surface area contributed by atoms with E-state index in [2.05, 4.69) is 22.2 Å². The van der Waals surface area contributed by atoms with Crippen LogP contribution in [-0.4, -0.2) is 43.2 Å². The number of amides is 1. The van der Waals surface area contributed by atoms with E-state index >= 15 is 0 Å². The van der Waals surface area contributed by atoms with Crippen LogP contribution in [0, 0.1) is 0 Å². The first-order chi connectivity index (χ1) is 11.6. The lowest BCUT2D eigenvalue weighted by Crippen LogP contribution is -2.42. The second-order valence-electron chi connectivity index (χ2n) is 5.98. The van der Waals surface area contributed by atoms with Crippen molar-refractivity contribution in [3.8, 4) is 10.6 Å². The van der Waals surface area contributed by atoms with Crippen LogP contribution in [0.25, 0.3) is 15.5 Å². The van der Waals surface area contributed by atoms with Gasteiger partial charge < -0.3 is 4.90 Å². The molecule has 1 aliphatic rings. The highest BCUT2D eigenvalue weighted by atomic mass is 35.5. The quantitative estimate of drug-likeness (QED) is 0.700. The van der Waals surface area contributed by atoms with Crippen molar-refractivity contribution >= 4 is 33.8 Å². The minimum Gasteiger partial charge on any atom is -0.333 e. The third kappa shape index (κ3) is 2.67. The Hall–Kier alpha value is -1.99. The van der Waals surface area contributed by atoms with Crippen LogP contribution in [0.5, 0.6) is 0 Å². The predicted octanol–water partition coefficient (Wildman–Crippen LogP) is 3.52. The number of piperidine rings is 1. The topological polar surface area (TPSA) is 63.4 Å². The number of rotatable bonds is 2. The van der Waals surface area contributed by atoms with Gasteiger partial charge >= 0.3 is 0 Å². The first-order valence-electron chi connectivity index (χ1n) is 7.92. The van der Waals surface area contributed by atoms with Gasteiger partial charge in [-0.25, -0.2) is 0 Å². The molecule has 0 bridgehead atoms. The molecule has 0 radical (unpaired) electrons. The van der Waals surface area contributed by atoms with Gasteiger partial charge in [0.25, 0.3) is 5.91 Å². The lowest BCUT2D eigenvalue weighted by Gasteiger charge is -2.32. The van der Waals surface area contributed by atoms with Crippen LogP contribution >= 0.6 is 22.9 Å². The summed E-state index contributed by atoms with van der Waals surface area (Å²) in [5.74, 6) is 0.192. The molecule has 124 valence electrons. The third-order valence-electron chi connectivity index (χ3n) is 4.34. The highest BCUT2D eigenvalue weighted by molar-refractivity contribution is 7.19. The Kier molecular flexibility index (Phi) is 3.97. The first kappa shape index (κ1) is 15.5. The molecule has 0 N–H and O–H groups in total. The lowest BCUT2D eigenvalue weighted by atomic mass is 10.0. The molecular formula is C16H16ClN5OS. The molecule has 24 heavy (non-hydrogen) atoms. The zero-order valence-corrected chi connectivity index (χ0v) is 14.7. The molecule has 2 aromatic heterocycles. The van der Waals surface area contributed by atoms with Gasteiger partial charge in [0.05, 0.1) is 0 Å². The van der Waals surface area contributed by atoms with Gasteiger partial charge in [0.1, 0.15) is 5.01 Å². The van der Waals surface area contributed by atoms with Crippen LogP contribution < -0.4 is 0 Å². The molecule has 8 heteroatoms. The van der Waals surface area contributed by atoms with E-state index in [9.17, 15) is 4.79 Å². The zero-order valence-electron chi connectivity index (χ0n) is 13.1. The summed E-state index contributed by atoms with van der Waals surface area (Å²) in [7, 11) is 0. The monoisotopic (exact) mass is 361 g/mol. The summed E-state index contributed by atoms with van der Waals surface area (Å²) in [5.41, 5.74) is 0.944. The SMILES string of the molecule is C[C@H]1CCCCN1C(=O)c1nnc2sc(-c3ccc(Cl)cc3)nn12. The van der Waals surface area contributed by atoms with Gasteiger partial charge in [-0.1, -0.05) is 35.1 Å². The Morgan fingerprint density at radius 3 is 2.79 bits per heavy atom. The van der Waals surface area contributed by atoms with E-state index in [-0.39, 0.29) is 17.8 Å². The Balaban J connectivity index is 1.69. The molecule has 0 unspecified atom stereocenters. The molecule has 0 spiro atoms. The van der Waals surface area contributed by atoms with Crippen LogP contribution in [-0.2, 0) is 0 Å². The van der Waals surface area contributed by atoms with Crippen molar-refractivity contribution in [2.75, 3.05) is 6.54 Å². The van der Waals surface area contributed by atoms with E-state index in [0.29, 0.717) is 9.98 Å². The Labute approximate surface area is 148 Å². The number of benzene rings is 1. The average Bonchev–Trinajstić information content (AvgIpc) is 3.16. The van der Waals surface area contributed by atoms with E-state index in [1.54, 1.807) is 4.52 Å². The maximum atomic E-state index is 12.8. The summed E-state index contributed by atoms with van der Waals surface area (Å²) in [4.78, 5) is 15.3. The van der Waals surface area contributed by atoms with E-state index in [4.69, 9.17) is 11.6 Å². The summed E-state index contributed by atoms with van der Waals surface area (Å²) in [5, 5.41) is 14.2.